The lowest BCUT2D eigenvalue weighted by Crippen LogP contribution is -2.41. The molecule has 10 heteroatoms. The van der Waals surface area contributed by atoms with Gasteiger partial charge in [-0.1, -0.05) is 20.9 Å². The molecule has 0 unspecified atom stereocenters. The van der Waals surface area contributed by atoms with Gasteiger partial charge < -0.3 is 10.6 Å². The van der Waals surface area contributed by atoms with Crippen molar-refractivity contribution in [3.63, 3.8) is 0 Å². The molecule has 0 saturated heterocycles. The van der Waals surface area contributed by atoms with E-state index in [0.29, 0.717) is 18.1 Å². The van der Waals surface area contributed by atoms with Gasteiger partial charge in [0.1, 0.15) is 17.2 Å². The van der Waals surface area contributed by atoms with E-state index in [1.54, 1.807) is 35.1 Å². The van der Waals surface area contributed by atoms with E-state index in [1.165, 1.54) is 4.40 Å². The van der Waals surface area contributed by atoms with Gasteiger partial charge in [-0.05, 0) is 50.8 Å². The fraction of sp³-hybridized carbons (Fsp3) is 0.500. The molecule has 7 nitrogen and oxygen atoms in total. The molecule has 1 aliphatic carbocycles. The molecule has 0 bridgehead atoms. The molecule has 1 aliphatic rings. The highest BCUT2D eigenvalue weighted by Gasteiger charge is 2.34. The van der Waals surface area contributed by atoms with Gasteiger partial charge in [-0.3, -0.25) is 13.9 Å². The molecule has 32 heavy (non-hydrogen) atoms. The van der Waals surface area contributed by atoms with Crippen molar-refractivity contribution in [2.45, 2.75) is 72.3 Å². The lowest BCUT2D eigenvalue weighted by molar-refractivity contribution is -0.140. The number of fused-ring (bicyclic) bond motifs is 1. The van der Waals surface area contributed by atoms with Gasteiger partial charge in [0.15, 0.2) is 5.69 Å². The zero-order valence-corrected chi connectivity index (χ0v) is 16.5. The maximum Gasteiger partial charge on any atom is 0.434 e. The number of alkyl halides is 3. The van der Waals surface area contributed by atoms with Gasteiger partial charge in [0.2, 0.25) is 0 Å². The zero-order valence-electron chi connectivity index (χ0n) is 16.5. The van der Waals surface area contributed by atoms with Crippen LogP contribution in [-0.4, -0.2) is 37.2 Å². The average Bonchev–Trinajstić information content (AvgIpc) is 3.36. The fourth-order valence-electron chi connectivity index (χ4n) is 3.89. The van der Waals surface area contributed by atoms with Crippen LogP contribution in [0.5, 0.6) is 0 Å². The average molecular weight is 453 g/mol. The van der Waals surface area contributed by atoms with Gasteiger partial charge in [0.05, 0.1) is 0 Å². The minimum Gasteiger partial charge on any atom is -0.368 e. The zero-order chi connectivity index (χ0) is 21.3. The molecule has 0 atom stereocenters. The van der Waals surface area contributed by atoms with Gasteiger partial charge in [0.25, 0.3) is 5.91 Å². The molecule has 3 aromatic heterocycles. The Morgan fingerprint density at radius 2 is 1.81 bits per heavy atom. The number of carbonyl (C=O) groups excluding carboxylic acids is 1. The lowest BCUT2D eigenvalue weighted by atomic mass is 9.91. The van der Waals surface area contributed by atoms with Crippen LogP contribution in [0, 0.1) is 0 Å². The number of anilines is 1. The predicted octanol–water partition coefficient (Wildman–Crippen LogP) is 4.99. The standard InChI is InChI=1S/C20H23F3N6O.2CH4/c1-2-29-15(10-11-24-29)19(30)26-14-8-6-13(7-9-14)25-17-4-3-5-18-27-16(12-28(17)18)20(21,22)23;;/h3-5,10-14,25H,2,6-9H2,1H3,(H,26,30);2*1H4. The van der Waals surface area contributed by atoms with Crippen molar-refractivity contribution in [3.8, 4) is 0 Å². The molecule has 0 aliphatic heterocycles. The summed E-state index contributed by atoms with van der Waals surface area (Å²) in [5.41, 5.74) is -0.111. The van der Waals surface area contributed by atoms with E-state index < -0.39 is 11.9 Å². The Kier molecular flexibility index (Phi) is 7.92. The third-order valence-corrected chi connectivity index (χ3v) is 5.45. The molecular formula is C22H31F3N6O. The maximum atomic E-state index is 13.0. The summed E-state index contributed by atoms with van der Waals surface area (Å²) in [5, 5.41) is 10.5. The smallest absolute Gasteiger partial charge is 0.368 e. The number of nitrogens with one attached hydrogen (secondary N) is 2. The van der Waals surface area contributed by atoms with E-state index in [-0.39, 0.29) is 38.5 Å². The highest BCUT2D eigenvalue weighted by molar-refractivity contribution is 5.92. The van der Waals surface area contributed by atoms with Crippen molar-refractivity contribution in [2.75, 3.05) is 5.32 Å². The molecule has 3 aromatic rings. The Bertz CT molecular complexity index is 1030. The van der Waals surface area contributed by atoms with Crippen LogP contribution in [0.25, 0.3) is 5.65 Å². The van der Waals surface area contributed by atoms with Crippen LogP contribution in [0.4, 0.5) is 19.0 Å². The molecule has 0 aromatic carbocycles. The molecule has 4 rings (SSSR count). The van der Waals surface area contributed by atoms with Crippen LogP contribution in [0.1, 0.15) is 63.6 Å². The number of imidazole rings is 1. The SMILES string of the molecule is C.C.CCn1nccc1C(=O)NC1CCC(Nc2cccc3nc(C(F)(F)F)cn23)CC1. The minimum absolute atomic E-state index is 0. The highest BCUT2D eigenvalue weighted by atomic mass is 19.4. The first-order valence-electron chi connectivity index (χ1n) is 9.99. The van der Waals surface area contributed by atoms with Crippen molar-refractivity contribution >= 4 is 17.4 Å². The molecule has 2 N–H and O–H groups in total. The number of pyridine rings is 1. The van der Waals surface area contributed by atoms with Crippen LogP contribution in [0.15, 0.2) is 36.7 Å². The minimum atomic E-state index is -4.48. The number of amides is 1. The van der Waals surface area contributed by atoms with Crippen molar-refractivity contribution in [1.82, 2.24) is 24.5 Å². The maximum absolute atomic E-state index is 13.0. The normalized spacial score (nSPS) is 18.5. The summed E-state index contributed by atoms with van der Waals surface area (Å²) >= 11 is 0. The monoisotopic (exact) mass is 452 g/mol. The second-order valence-electron chi connectivity index (χ2n) is 7.46. The second-order valence-corrected chi connectivity index (χ2v) is 7.46. The summed E-state index contributed by atoms with van der Waals surface area (Å²) in [6.07, 6.45) is 1.33. The van der Waals surface area contributed by atoms with E-state index in [9.17, 15) is 18.0 Å². The largest absolute Gasteiger partial charge is 0.434 e. The number of carbonyl (C=O) groups is 1. The number of nitrogens with zero attached hydrogens (tertiary/aromatic N) is 4. The lowest BCUT2D eigenvalue weighted by Gasteiger charge is -2.30. The third-order valence-electron chi connectivity index (χ3n) is 5.45. The number of halogens is 3. The summed E-state index contributed by atoms with van der Waals surface area (Å²) < 4.78 is 42.0. The summed E-state index contributed by atoms with van der Waals surface area (Å²) in [6.45, 7) is 2.56. The molecule has 3 heterocycles. The fourth-order valence-corrected chi connectivity index (χ4v) is 3.89. The molecule has 1 amide bonds. The first kappa shape index (κ1) is 25.2. The van der Waals surface area contributed by atoms with Gasteiger partial charge in [-0.2, -0.15) is 18.3 Å². The van der Waals surface area contributed by atoms with E-state index in [0.717, 1.165) is 31.9 Å². The Morgan fingerprint density at radius 3 is 2.47 bits per heavy atom. The Hall–Kier alpha value is -3.04. The number of aryl methyl sites for hydroxylation is 1. The number of hydrogen-bond donors (Lipinski definition) is 2. The van der Waals surface area contributed by atoms with Crippen LogP contribution < -0.4 is 10.6 Å². The number of aromatic nitrogens is 4. The van der Waals surface area contributed by atoms with Crippen LogP contribution >= 0.6 is 0 Å². The Labute approximate surface area is 186 Å². The van der Waals surface area contributed by atoms with Crippen molar-refractivity contribution in [2.24, 2.45) is 0 Å². The van der Waals surface area contributed by atoms with Gasteiger partial charge in [-0.15, -0.1) is 0 Å². The van der Waals surface area contributed by atoms with E-state index in [2.05, 4.69) is 20.7 Å². The van der Waals surface area contributed by atoms with Crippen molar-refractivity contribution in [3.05, 3.63) is 48.0 Å². The second kappa shape index (κ2) is 10.1. The van der Waals surface area contributed by atoms with Gasteiger partial charge in [-0.25, -0.2) is 4.98 Å². The molecule has 0 radical (unpaired) electrons. The summed E-state index contributed by atoms with van der Waals surface area (Å²) in [5.74, 6) is 0.448. The third kappa shape index (κ3) is 5.23. The van der Waals surface area contributed by atoms with Crippen molar-refractivity contribution in [1.29, 1.82) is 0 Å². The first-order valence-corrected chi connectivity index (χ1v) is 9.99. The highest BCUT2D eigenvalue weighted by Crippen LogP contribution is 2.30. The summed E-state index contributed by atoms with van der Waals surface area (Å²) in [7, 11) is 0. The van der Waals surface area contributed by atoms with E-state index in [4.69, 9.17) is 0 Å². The Morgan fingerprint density at radius 1 is 1.12 bits per heavy atom. The van der Waals surface area contributed by atoms with Crippen molar-refractivity contribution < 1.29 is 18.0 Å². The molecule has 1 saturated carbocycles. The number of hydrogen-bond acceptors (Lipinski definition) is 4. The molecule has 1 fully saturated rings. The van der Waals surface area contributed by atoms with Gasteiger partial charge >= 0.3 is 6.18 Å². The quantitative estimate of drug-likeness (QED) is 0.572. The summed E-state index contributed by atoms with van der Waals surface area (Å²) in [6, 6.07) is 6.86. The van der Waals surface area contributed by atoms with Crippen LogP contribution in [0.2, 0.25) is 0 Å². The summed E-state index contributed by atoms with van der Waals surface area (Å²) in [4.78, 5) is 16.1. The van der Waals surface area contributed by atoms with E-state index >= 15 is 0 Å². The van der Waals surface area contributed by atoms with Crippen LogP contribution in [0.3, 0.4) is 0 Å². The molecule has 0 spiro atoms. The molecule has 176 valence electrons. The number of rotatable bonds is 5. The predicted molar refractivity (Wildman–Crippen MR) is 119 cm³/mol. The topological polar surface area (TPSA) is 76.2 Å². The van der Waals surface area contributed by atoms with Crippen LogP contribution in [-0.2, 0) is 12.7 Å². The Balaban J connectivity index is 0.00000181. The first-order chi connectivity index (χ1) is 14.3. The molecular weight excluding hydrogens is 421 g/mol. The van der Waals surface area contributed by atoms with Gasteiger partial charge in [0, 0.05) is 31.0 Å². The van der Waals surface area contributed by atoms with E-state index in [1.807, 2.05) is 6.92 Å².